The fourth-order valence-corrected chi connectivity index (χ4v) is 1.29. The van der Waals surface area contributed by atoms with Crippen LogP contribution < -0.4 is 16.4 Å². The Morgan fingerprint density at radius 1 is 1.50 bits per heavy atom. The van der Waals surface area contributed by atoms with Crippen LogP contribution in [0.5, 0.6) is 0 Å². The van der Waals surface area contributed by atoms with E-state index in [1.165, 1.54) is 0 Å². The first-order valence-electron chi connectivity index (χ1n) is 5.68. The molecule has 0 aliphatic carbocycles. The maximum atomic E-state index is 11.4. The van der Waals surface area contributed by atoms with Gasteiger partial charge >= 0.3 is 6.03 Å². The molecular formula is C10H17N5O3. The molecule has 1 aromatic heterocycles. The van der Waals surface area contributed by atoms with Crippen molar-refractivity contribution in [2.45, 2.75) is 32.7 Å². The van der Waals surface area contributed by atoms with Crippen molar-refractivity contribution in [2.24, 2.45) is 5.73 Å². The summed E-state index contributed by atoms with van der Waals surface area (Å²) in [6.45, 7) is 3.54. The Hall–Kier alpha value is -2.12. The Labute approximate surface area is 104 Å². The van der Waals surface area contributed by atoms with E-state index < -0.39 is 12.1 Å². The molecule has 0 aliphatic rings. The van der Waals surface area contributed by atoms with Crippen LogP contribution in [-0.4, -0.2) is 28.6 Å². The van der Waals surface area contributed by atoms with Crippen molar-refractivity contribution in [1.82, 2.24) is 20.8 Å². The first-order chi connectivity index (χ1) is 8.52. The van der Waals surface area contributed by atoms with Gasteiger partial charge < -0.3 is 20.9 Å². The Kier molecular flexibility index (Phi) is 5.09. The molecule has 100 valence electrons. The van der Waals surface area contributed by atoms with E-state index in [9.17, 15) is 9.59 Å². The Morgan fingerprint density at radius 2 is 2.22 bits per heavy atom. The smallest absolute Gasteiger partial charge is 0.312 e. The Morgan fingerprint density at radius 3 is 2.83 bits per heavy atom. The van der Waals surface area contributed by atoms with Gasteiger partial charge in [0.25, 0.3) is 0 Å². The molecule has 1 rings (SSSR count). The highest BCUT2D eigenvalue weighted by Crippen LogP contribution is 2.09. The van der Waals surface area contributed by atoms with Gasteiger partial charge in [-0.3, -0.25) is 4.79 Å². The predicted octanol–water partition coefficient (Wildman–Crippen LogP) is -0.132. The van der Waals surface area contributed by atoms with Crippen LogP contribution >= 0.6 is 0 Å². The van der Waals surface area contributed by atoms with Gasteiger partial charge in [-0.05, 0) is 13.3 Å². The van der Waals surface area contributed by atoms with Crippen molar-refractivity contribution in [2.75, 3.05) is 6.54 Å². The van der Waals surface area contributed by atoms with Crippen LogP contribution in [0.25, 0.3) is 0 Å². The lowest BCUT2D eigenvalue weighted by Gasteiger charge is -2.09. The van der Waals surface area contributed by atoms with Gasteiger partial charge in [0.15, 0.2) is 5.82 Å². The van der Waals surface area contributed by atoms with Crippen LogP contribution in [0.2, 0.25) is 0 Å². The van der Waals surface area contributed by atoms with E-state index in [2.05, 4.69) is 20.8 Å². The third-order valence-electron chi connectivity index (χ3n) is 2.13. The van der Waals surface area contributed by atoms with Gasteiger partial charge in [-0.15, -0.1) is 0 Å². The lowest BCUT2D eigenvalue weighted by atomic mass is 10.3. The molecule has 1 heterocycles. The number of nitrogens with zero attached hydrogens (tertiary/aromatic N) is 2. The molecule has 1 atom stereocenters. The van der Waals surface area contributed by atoms with E-state index in [1.807, 2.05) is 6.92 Å². The number of hydrogen-bond acceptors (Lipinski definition) is 5. The molecule has 0 aromatic carbocycles. The summed E-state index contributed by atoms with van der Waals surface area (Å²) in [6.07, 6.45) is 1.65. The maximum absolute atomic E-state index is 11.4. The summed E-state index contributed by atoms with van der Waals surface area (Å²) in [6, 6.07) is -1.16. The van der Waals surface area contributed by atoms with Gasteiger partial charge in [-0.1, -0.05) is 12.1 Å². The van der Waals surface area contributed by atoms with Crippen molar-refractivity contribution in [3.8, 4) is 0 Å². The second-order valence-electron chi connectivity index (χ2n) is 3.81. The molecule has 1 aromatic rings. The highest BCUT2D eigenvalue weighted by Gasteiger charge is 2.16. The number of carbonyl (C=O) groups is 2. The van der Waals surface area contributed by atoms with E-state index in [0.717, 1.165) is 12.8 Å². The normalized spacial score (nSPS) is 11.9. The molecule has 0 fully saturated rings. The van der Waals surface area contributed by atoms with Crippen LogP contribution in [0, 0.1) is 0 Å². The zero-order valence-corrected chi connectivity index (χ0v) is 10.4. The number of hydrogen-bond donors (Lipinski definition) is 3. The molecule has 0 spiro atoms. The summed E-state index contributed by atoms with van der Waals surface area (Å²) in [5.74, 6) is 0.575. The summed E-state index contributed by atoms with van der Waals surface area (Å²) in [5.41, 5.74) is 4.85. The van der Waals surface area contributed by atoms with Crippen LogP contribution in [0.3, 0.4) is 0 Å². The third kappa shape index (κ3) is 4.40. The fourth-order valence-electron chi connectivity index (χ4n) is 1.29. The van der Waals surface area contributed by atoms with Crippen LogP contribution in [-0.2, 0) is 11.2 Å². The quantitative estimate of drug-likeness (QED) is 0.653. The molecule has 0 aliphatic heterocycles. The van der Waals surface area contributed by atoms with Gasteiger partial charge in [0.2, 0.25) is 11.8 Å². The first-order valence-corrected chi connectivity index (χ1v) is 5.68. The number of aromatic nitrogens is 2. The molecule has 18 heavy (non-hydrogen) atoms. The highest BCUT2D eigenvalue weighted by molar-refractivity contribution is 5.83. The topological polar surface area (TPSA) is 123 Å². The lowest BCUT2D eigenvalue weighted by molar-refractivity contribution is -0.120. The molecule has 3 amide bonds. The van der Waals surface area contributed by atoms with Crippen LogP contribution in [0.1, 0.15) is 38.0 Å². The molecule has 0 unspecified atom stereocenters. The lowest BCUT2D eigenvalue weighted by Crippen LogP contribution is -2.40. The van der Waals surface area contributed by atoms with E-state index in [1.54, 1.807) is 6.92 Å². The van der Waals surface area contributed by atoms with Gasteiger partial charge in [-0.25, -0.2) is 4.79 Å². The molecule has 0 saturated heterocycles. The van der Waals surface area contributed by atoms with Crippen LogP contribution in [0.4, 0.5) is 4.79 Å². The van der Waals surface area contributed by atoms with Crippen LogP contribution in [0.15, 0.2) is 4.52 Å². The summed E-state index contributed by atoms with van der Waals surface area (Å²) < 4.78 is 5.02. The molecule has 0 radical (unpaired) electrons. The zero-order chi connectivity index (χ0) is 13.5. The fraction of sp³-hybridized carbons (Fsp3) is 0.600. The zero-order valence-electron chi connectivity index (χ0n) is 10.4. The van der Waals surface area contributed by atoms with Crippen molar-refractivity contribution in [3.63, 3.8) is 0 Å². The van der Waals surface area contributed by atoms with Crippen molar-refractivity contribution in [3.05, 3.63) is 11.7 Å². The number of amides is 3. The summed E-state index contributed by atoms with van der Waals surface area (Å²) in [4.78, 5) is 26.0. The van der Waals surface area contributed by atoms with Gasteiger partial charge in [0, 0.05) is 6.42 Å². The number of primary amides is 1. The summed E-state index contributed by atoms with van der Waals surface area (Å²) in [7, 11) is 0. The van der Waals surface area contributed by atoms with Crippen molar-refractivity contribution >= 4 is 11.9 Å². The first kappa shape index (κ1) is 13.9. The Balaban J connectivity index is 2.45. The Bertz CT molecular complexity index is 417. The maximum Gasteiger partial charge on any atom is 0.312 e. The molecule has 8 heteroatoms. The van der Waals surface area contributed by atoms with E-state index in [4.69, 9.17) is 10.3 Å². The largest absolute Gasteiger partial charge is 0.352 e. The second kappa shape index (κ2) is 6.58. The highest BCUT2D eigenvalue weighted by atomic mass is 16.5. The van der Waals surface area contributed by atoms with Gasteiger partial charge in [-0.2, -0.15) is 4.98 Å². The minimum atomic E-state index is -0.749. The number of nitrogens with one attached hydrogen (secondary N) is 2. The minimum Gasteiger partial charge on any atom is -0.352 e. The number of rotatable bonds is 6. The van der Waals surface area contributed by atoms with E-state index in [-0.39, 0.29) is 12.5 Å². The number of aryl methyl sites for hydroxylation is 1. The summed E-state index contributed by atoms with van der Waals surface area (Å²) in [5, 5.41) is 8.57. The third-order valence-corrected chi connectivity index (χ3v) is 2.13. The minimum absolute atomic E-state index is 0.185. The average Bonchev–Trinajstić information content (AvgIpc) is 2.75. The van der Waals surface area contributed by atoms with E-state index in [0.29, 0.717) is 11.7 Å². The van der Waals surface area contributed by atoms with Gasteiger partial charge in [0.1, 0.15) is 6.04 Å². The number of urea groups is 1. The standard InChI is InChI=1S/C10H17N5O3/c1-3-4-7-14-9(18-15-7)6(2)13-8(16)5-12-10(11)17/h6H,3-5H2,1-2H3,(H,13,16)(H3,11,12,17)/t6-/m0/s1. The van der Waals surface area contributed by atoms with E-state index >= 15 is 0 Å². The predicted molar refractivity (Wildman–Crippen MR) is 62.4 cm³/mol. The molecule has 8 nitrogen and oxygen atoms in total. The number of nitrogens with two attached hydrogens (primary N) is 1. The number of carbonyl (C=O) groups excluding carboxylic acids is 2. The monoisotopic (exact) mass is 255 g/mol. The molecule has 4 N–H and O–H groups in total. The van der Waals surface area contributed by atoms with Crippen molar-refractivity contribution < 1.29 is 14.1 Å². The SMILES string of the molecule is CCCc1noc([C@H](C)NC(=O)CNC(N)=O)n1. The molecular weight excluding hydrogens is 238 g/mol. The van der Waals surface area contributed by atoms with Gasteiger partial charge in [0.05, 0.1) is 6.54 Å². The molecule has 0 saturated carbocycles. The molecule has 0 bridgehead atoms. The second-order valence-corrected chi connectivity index (χ2v) is 3.81. The van der Waals surface area contributed by atoms with Crippen molar-refractivity contribution in [1.29, 1.82) is 0 Å². The summed E-state index contributed by atoms with van der Waals surface area (Å²) >= 11 is 0. The average molecular weight is 255 g/mol.